The van der Waals surface area contributed by atoms with Gasteiger partial charge in [0.15, 0.2) is 0 Å². The molecule has 1 atom stereocenters. The summed E-state index contributed by atoms with van der Waals surface area (Å²) in [6, 6.07) is 14.9. The van der Waals surface area contributed by atoms with Gasteiger partial charge >= 0.3 is 12.1 Å². The predicted octanol–water partition coefficient (Wildman–Crippen LogP) is 3.00. The molecule has 0 unspecified atom stereocenters. The number of azide groups is 1. The highest BCUT2D eigenvalue weighted by Crippen LogP contribution is 2.07. The molecule has 0 bridgehead atoms. The number of alkyl carbamates (subject to hydrolysis) is 1. The summed E-state index contributed by atoms with van der Waals surface area (Å²) in [5.41, 5.74) is 10.3. The lowest BCUT2D eigenvalue weighted by Gasteiger charge is -2.14. The molecule has 2 aromatic rings. The summed E-state index contributed by atoms with van der Waals surface area (Å²) >= 11 is 0. The van der Waals surface area contributed by atoms with Crippen molar-refractivity contribution < 1.29 is 24.2 Å². The van der Waals surface area contributed by atoms with E-state index in [1.54, 1.807) is 24.3 Å². The fourth-order valence-corrected chi connectivity index (χ4v) is 2.50. The number of hydrogen-bond acceptors (Lipinski definition) is 5. The molecule has 0 aromatic heterocycles. The number of benzene rings is 2. The molecule has 0 saturated heterocycles. The minimum Gasteiger partial charge on any atom is -0.481 e. The van der Waals surface area contributed by atoms with E-state index in [9.17, 15) is 14.4 Å². The van der Waals surface area contributed by atoms with E-state index in [0.29, 0.717) is 5.56 Å². The summed E-state index contributed by atoms with van der Waals surface area (Å²) in [6.07, 6.45) is -0.923. The van der Waals surface area contributed by atoms with Crippen molar-refractivity contribution in [3.8, 4) is 0 Å². The van der Waals surface area contributed by atoms with Crippen LogP contribution in [-0.4, -0.2) is 35.7 Å². The Labute approximate surface area is 172 Å². The van der Waals surface area contributed by atoms with Gasteiger partial charge in [0, 0.05) is 29.6 Å². The van der Waals surface area contributed by atoms with E-state index in [1.165, 1.54) is 0 Å². The van der Waals surface area contributed by atoms with Gasteiger partial charge in [-0.25, -0.2) is 4.79 Å². The number of amides is 2. The largest absolute Gasteiger partial charge is 0.481 e. The van der Waals surface area contributed by atoms with Crippen LogP contribution in [0.1, 0.15) is 27.9 Å². The number of aliphatic carboxylic acids is 1. The first kappa shape index (κ1) is 22.3. The van der Waals surface area contributed by atoms with Crippen molar-refractivity contribution >= 4 is 18.0 Å². The van der Waals surface area contributed by atoms with Gasteiger partial charge < -0.3 is 20.5 Å². The molecule has 10 nitrogen and oxygen atoms in total. The molecule has 0 heterocycles. The molecule has 2 amide bonds. The number of hydrogen-bond donors (Lipinski definition) is 3. The third-order valence-corrected chi connectivity index (χ3v) is 3.99. The van der Waals surface area contributed by atoms with E-state index in [-0.39, 0.29) is 26.1 Å². The summed E-state index contributed by atoms with van der Waals surface area (Å²) in [5, 5.41) is 17.3. The van der Waals surface area contributed by atoms with Gasteiger partial charge in [0.2, 0.25) is 0 Å². The normalized spacial score (nSPS) is 10.9. The second kappa shape index (κ2) is 11.7. The number of ether oxygens (including phenoxy) is 1. The first-order valence-electron chi connectivity index (χ1n) is 9.05. The van der Waals surface area contributed by atoms with Gasteiger partial charge in [-0.05, 0) is 28.8 Å². The minimum absolute atomic E-state index is 0.165. The number of carbonyl (C=O) groups is 3. The van der Waals surface area contributed by atoms with E-state index in [4.69, 9.17) is 15.4 Å². The Morgan fingerprint density at radius 3 is 2.40 bits per heavy atom. The highest BCUT2D eigenvalue weighted by atomic mass is 16.5. The Kier molecular flexibility index (Phi) is 8.70. The first-order chi connectivity index (χ1) is 14.5. The SMILES string of the molecule is [N-]=[N+]=NC[C@H](CC(=O)O)NC(=O)c1ccc(CNC(=O)OCc2ccccc2)cc1. The molecule has 0 aliphatic rings. The zero-order valence-electron chi connectivity index (χ0n) is 16.0. The molecule has 0 aliphatic heterocycles. The number of rotatable bonds is 10. The van der Waals surface area contributed by atoms with Crippen molar-refractivity contribution in [1.29, 1.82) is 0 Å². The molecule has 0 fully saturated rings. The van der Waals surface area contributed by atoms with Gasteiger partial charge in [-0.3, -0.25) is 9.59 Å². The predicted molar refractivity (Wildman–Crippen MR) is 107 cm³/mol. The number of carbonyl (C=O) groups excluding carboxylic acids is 2. The third-order valence-electron chi connectivity index (χ3n) is 3.99. The molecule has 0 spiro atoms. The van der Waals surface area contributed by atoms with E-state index < -0.39 is 24.0 Å². The van der Waals surface area contributed by atoms with Gasteiger partial charge in [0.1, 0.15) is 6.61 Å². The number of nitrogens with zero attached hydrogens (tertiary/aromatic N) is 3. The second-order valence-corrected chi connectivity index (χ2v) is 6.29. The summed E-state index contributed by atoms with van der Waals surface area (Å²) in [6.45, 7) is 0.217. The van der Waals surface area contributed by atoms with Crippen LogP contribution < -0.4 is 10.6 Å². The van der Waals surface area contributed by atoms with Crippen LogP contribution in [0.3, 0.4) is 0 Å². The molecular formula is C20H21N5O5. The van der Waals surface area contributed by atoms with Gasteiger partial charge in [-0.1, -0.05) is 47.6 Å². The van der Waals surface area contributed by atoms with Gasteiger partial charge in [-0.15, -0.1) is 0 Å². The number of carboxylic acids is 1. The zero-order valence-corrected chi connectivity index (χ0v) is 16.0. The van der Waals surface area contributed by atoms with Crippen LogP contribution in [0.4, 0.5) is 4.79 Å². The molecular weight excluding hydrogens is 390 g/mol. The van der Waals surface area contributed by atoms with Crippen LogP contribution in [0, 0.1) is 0 Å². The van der Waals surface area contributed by atoms with Gasteiger partial charge in [-0.2, -0.15) is 0 Å². The molecule has 10 heteroatoms. The fraction of sp³-hybridized carbons (Fsp3) is 0.250. The Bertz CT molecular complexity index is 907. The van der Waals surface area contributed by atoms with Crippen molar-refractivity contribution in [2.24, 2.45) is 5.11 Å². The topological polar surface area (TPSA) is 153 Å². The third kappa shape index (κ3) is 7.91. The van der Waals surface area contributed by atoms with Crippen LogP contribution in [0.2, 0.25) is 0 Å². The highest BCUT2D eigenvalue weighted by molar-refractivity contribution is 5.94. The van der Waals surface area contributed by atoms with Crippen LogP contribution in [0.5, 0.6) is 0 Å². The Morgan fingerprint density at radius 2 is 1.77 bits per heavy atom. The minimum atomic E-state index is -1.12. The van der Waals surface area contributed by atoms with Crippen LogP contribution in [-0.2, 0) is 22.7 Å². The molecule has 3 N–H and O–H groups in total. The van der Waals surface area contributed by atoms with Crippen molar-refractivity contribution in [2.75, 3.05) is 6.54 Å². The van der Waals surface area contributed by atoms with Gasteiger partial charge in [0.25, 0.3) is 5.91 Å². The summed E-state index contributed by atoms with van der Waals surface area (Å²) < 4.78 is 5.12. The maximum absolute atomic E-state index is 12.3. The lowest BCUT2D eigenvalue weighted by atomic mass is 10.1. The highest BCUT2D eigenvalue weighted by Gasteiger charge is 2.16. The standard InChI is InChI=1S/C20H21N5O5/c21-25-23-12-17(10-18(26)27)24-19(28)16-8-6-14(7-9-16)11-22-20(29)30-13-15-4-2-1-3-5-15/h1-9,17H,10-13H2,(H,22,29)(H,24,28)(H,26,27)/t17-/m0/s1. The second-order valence-electron chi connectivity index (χ2n) is 6.29. The fourth-order valence-electron chi connectivity index (χ4n) is 2.50. The lowest BCUT2D eigenvalue weighted by Crippen LogP contribution is -2.38. The molecule has 0 aliphatic carbocycles. The molecule has 2 rings (SSSR count). The summed E-state index contributed by atoms with van der Waals surface area (Å²) in [7, 11) is 0. The van der Waals surface area contributed by atoms with Crippen molar-refractivity contribution in [3.05, 3.63) is 81.7 Å². The van der Waals surface area contributed by atoms with Crippen molar-refractivity contribution in [1.82, 2.24) is 10.6 Å². The van der Waals surface area contributed by atoms with E-state index in [1.807, 2.05) is 30.3 Å². The van der Waals surface area contributed by atoms with Crippen LogP contribution >= 0.6 is 0 Å². The quantitative estimate of drug-likeness (QED) is 0.311. The smallest absolute Gasteiger partial charge is 0.407 e. The number of carboxylic acid groups (broad SMARTS) is 1. The molecule has 0 radical (unpaired) electrons. The number of nitrogens with one attached hydrogen (secondary N) is 2. The first-order valence-corrected chi connectivity index (χ1v) is 9.05. The van der Waals surface area contributed by atoms with Crippen molar-refractivity contribution in [2.45, 2.75) is 25.6 Å². The maximum atomic E-state index is 12.3. The zero-order chi connectivity index (χ0) is 21.8. The Hall–Kier alpha value is -4.04. The van der Waals surface area contributed by atoms with E-state index in [0.717, 1.165) is 11.1 Å². The molecule has 156 valence electrons. The van der Waals surface area contributed by atoms with Crippen LogP contribution in [0.15, 0.2) is 59.7 Å². The average molecular weight is 411 g/mol. The molecule has 0 saturated carbocycles. The monoisotopic (exact) mass is 411 g/mol. The maximum Gasteiger partial charge on any atom is 0.407 e. The summed E-state index contributed by atoms with van der Waals surface area (Å²) in [5.74, 6) is -1.61. The lowest BCUT2D eigenvalue weighted by molar-refractivity contribution is -0.137. The molecule has 2 aromatic carbocycles. The average Bonchev–Trinajstić information content (AvgIpc) is 2.75. The summed E-state index contributed by atoms with van der Waals surface area (Å²) in [4.78, 5) is 37.5. The van der Waals surface area contributed by atoms with E-state index in [2.05, 4.69) is 20.7 Å². The Morgan fingerprint density at radius 1 is 1.07 bits per heavy atom. The molecule has 30 heavy (non-hydrogen) atoms. The van der Waals surface area contributed by atoms with Crippen LogP contribution in [0.25, 0.3) is 10.4 Å². The Balaban J connectivity index is 1.82. The van der Waals surface area contributed by atoms with E-state index >= 15 is 0 Å². The van der Waals surface area contributed by atoms with Gasteiger partial charge in [0.05, 0.1) is 6.42 Å². The van der Waals surface area contributed by atoms with Crippen molar-refractivity contribution in [3.63, 3.8) is 0 Å².